The van der Waals surface area contributed by atoms with Crippen molar-refractivity contribution in [2.24, 2.45) is 0 Å². The summed E-state index contributed by atoms with van der Waals surface area (Å²) >= 11 is 0. The first kappa shape index (κ1) is 21.2. The fourth-order valence-corrected chi connectivity index (χ4v) is 5.84. The van der Waals surface area contributed by atoms with Crippen molar-refractivity contribution < 1.29 is 0 Å². The topological polar surface area (TPSA) is 49.8 Å². The van der Waals surface area contributed by atoms with Crippen LogP contribution in [0.3, 0.4) is 0 Å². The number of hydrogen-bond acceptors (Lipinski definition) is 2. The second kappa shape index (κ2) is 8.22. The molecule has 37 heavy (non-hydrogen) atoms. The van der Waals surface area contributed by atoms with Crippen LogP contribution in [0.1, 0.15) is 5.56 Å². The number of nitrogens with two attached hydrogens (primary N) is 1. The molecule has 2 N–H and O–H groups in total. The first-order valence-electron chi connectivity index (χ1n) is 12.4. The van der Waals surface area contributed by atoms with E-state index in [9.17, 15) is 5.26 Å². The lowest BCUT2D eigenvalue weighted by atomic mass is 9.82. The fraction of sp³-hybridized carbons (Fsp3) is 0. The zero-order valence-corrected chi connectivity index (χ0v) is 20.1. The van der Waals surface area contributed by atoms with Crippen molar-refractivity contribution in [2.45, 2.75) is 0 Å². The van der Waals surface area contributed by atoms with Gasteiger partial charge in [-0.1, -0.05) is 97.1 Å². The van der Waals surface area contributed by atoms with Crippen LogP contribution in [0.2, 0.25) is 0 Å². The molecule has 2 nitrogen and oxygen atoms in total. The van der Waals surface area contributed by atoms with Crippen molar-refractivity contribution in [3.05, 3.63) is 127 Å². The molecule has 7 rings (SSSR count). The van der Waals surface area contributed by atoms with Crippen LogP contribution in [0.4, 0.5) is 5.69 Å². The summed E-state index contributed by atoms with van der Waals surface area (Å²) in [5.41, 5.74) is 19.1. The van der Waals surface area contributed by atoms with Gasteiger partial charge in [0.2, 0.25) is 0 Å². The highest BCUT2D eigenvalue weighted by Crippen LogP contribution is 2.57. The van der Waals surface area contributed by atoms with Crippen LogP contribution in [-0.2, 0) is 0 Å². The smallest absolute Gasteiger partial charge is 0.0992 e. The number of benzene rings is 6. The summed E-state index contributed by atoms with van der Waals surface area (Å²) in [6, 6.07) is 44.5. The van der Waals surface area contributed by atoms with Gasteiger partial charge in [0.05, 0.1) is 11.6 Å². The Hall–Kier alpha value is -5.13. The van der Waals surface area contributed by atoms with E-state index in [2.05, 4.69) is 103 Å². The van der Waals surface area contributed by atoms with Crippen LogP contribution in [0.5, 0.6) is 0 Å². The predicted molar refractivity (Wildman–Crippen MR) is 154 cm³/mol. The second-order valence-electron chi connectivity index (χ2n) is 9.49. The quantitative estimate of drug-likeness (QED) is 0.262. The van der Waals surface area contributed by atoms with Crippen molar-refractivity contribution in [1.29, 1.82) is 5.26 Å². The highest BCUT2D eigenvalue weighted by atomic mass is 14.5. The minimum atomic E-state index is 0.557. The first-order chi connectivity index (χ1) is 18.2. The van der Waals surface area contributed by atoms with Crippen LogP contribution in [-0.4, -0.2) is 0 Å². The average molecular weight is 471 g/mol. The standard InChI is InChI=1S/C35H22N2/c36-21-22-17-26(19-27(37)18-22)31-20-30(23-9-3-1-4-10-23)34-28-15-7-13-24-14-8-16-29(32(24)28)35(34)33(31)25-11-5-2-6-12-25/h1-20H,37H2. The first-order valence-corrected chi connectivity index (χ1v) is 12.4. The number of nitrogen functional groups attached to an aromatic ring is 1. The van der Waals surface area contributed by atoms with Gasteiger partial charge in [-0.15, -0.1) is 0 Å². The van der Waals surface area contributed by atoms with Gasteiger partial charge in [-0.3, -0.25) is 0 Å². The van der Waals surface area contributed by atoms with E-state index in [4.69, 9.17) is 5.73 Å². The van der Waals surface area contributed by atoms with Gasteiger partial charge in [-0.25, -0.2) is 0 Å². The SMILES string of the molecule is N#Cc1cc(N)cc(-c2cc(-c3ccccc3)c3c(c2-c2ccccc2)-c2cccc4cccc-3c24)c1. The van der Waals surface area contributed by atoms with Gasteiger partial charge in [0.15, 0.2) is 0 Å². The second-order valence-corrected chi connectivity index (χ2v) is 9.49. The molecule has 0 unspecified atom stereocenters. The normalized spacial score (nSPS) is 11.3. The predicted octanol–water partition coefficient (Wildman–Crippen LogP) is 8.94. The zero-order chi connectivity index (χ0) is 24.9. The van der Waals surface area contributed by atoms with E-state index >= 15 is 0 Å². The Balaban J connectivity index is 1.70. The zero-order valence-electron chi connectivity index (χ0n) is 20.1. The number of nitrogens with zero attached hydrogens (tertiary/aromatic N) is 1. The monoisotopic (exact) mass is 470 g/mol. The molecule has 0 heterocycles. The molecule has 0 fully saturated rings. The molecule has 172 valence electrons. The molecule has 0 aromatic heterocycles. The van der Waals surface area contributed by atoms with E-state index in [1.165, 1.54) is 38.6 Å². The van der Waals surface area contributed by atoms with E-state index in [1.54, 1.807) is 6.07 Å². The van der Waals surface area contributed by atoms with Gasteiger partial charge in [0.1, 0.15) is 0 Å². The molecule has 0 bridgehead atoms. The van der Waals surface area contributed by atoms with Crippen LogP contribution in [0.15, 0.2) is 121 Å². The van der Waals surface area contributed by atoms with E-state index in [0.717, 1.165) is 27.8 Å². The number of anilines is 1. The molecule has 0 amide bonds. The van der Waals surface area contributed by atoms with Crippen molar-refractivity contribution in [3.63, 3.8) is 0 Å². The van der Waals surface area contributed by atoms with Gasteiger partial charge < -0.3 is 5.73 Å². The van der Waals surface area contributed by atoms with Gasteiger partial charge in [-0.2, -0.15) is 5.26 Å². The number of hydrogen-bond donors (Lipinski definition) is 1. The van der Waals surface area contributed by atoms with E-state index < -0.39 is 0 Å². The average Bonchev–Trinajstić information content (AvgIpc) is 3.29. The van der Waals surface area contributed by atoms with Crippen LogP contribution >= 0.6 is 0 Å². The molecule has 0 saturated heterocycles. The third-order valence-electron chi connectivity index (χ3n) is 7.31. The highest BCUT2D eigenvalue weighted by Gasteiger charge is 2.30. The van der Waals surface area contributed by atoms with Crippen molar-refractivity contribution in [3.8, 4) is 61.7 Å². The highest BCUT2D eigenvalue weighted by molar-refractivity contribution is 6.22. The maximum Gasteiger partial charge on any atom is 0.0992 e. The van der Waals surface area contributed by atoms with E-state index in [0.29, 0.717) is 11.3 Å². The summed E-state index contributed by atoms with van der Waals surface area (Å²) in [5.74, 6) is 0. The summed E-state index contributed by atoms with van der Waals surface area (Å²) in [4.78, 5) is 0. The van der Waals surface area contributed by atoms with Gasteiger partial charge in [0.25, 0.3) is 0 Å². The molecule has 0 spiro atoms. The fourth-order valence-electron chi connectivity index (χ4n) is 5.84. The van der Waals surface area contributed by atoms with Crippen LogP contribution < -0.4 is 5.73 Å². The number of nitriles is 1. The van der Waals surface area contributed by atoms with Crippen molar-refractivity contribution in [2.75, 3.05) is 5.73 Å². The summed E-state index contributed by atoms with van der Waals surface area (Å²) in [6.45, 7) is 0. The summed E-state index contributed by atoms with van der Waals surface area (Å²) in [5, 5.41) is 12.2. The Morgan fingerprint density at radius 2 is 1.11 bits per heavy atom. The summed E-state index contributed by atoms with van der Waals surface area (Å²) in [7, 11) is 0. The summed E-state index contributed by atoms with van der Waals surface area (Å²) in [6.07, 6.45) is 0. The van der Waals surface area contributed by atoms with Crippen LogP contribution in [0.25, 0.3) is 66.4 Å². The molecule has 6 aromatic rings. The Labute approximate surface area is 215 Å². The molecular weight excluding hydrogens is 448 g/mol. The Morgan fingerprint density at radius 3 is 1.78 bits per heavy atom. The minimum absolute atomic E-state index is 0.557. The number of rotatable bonds is 3. The van der Waals surface area contributed by atoms with Crippen molar-refractivity contribution >= 4 is 16.5 Å². The molecule has 0 atom stereocenters. The third kappa shape index (κ3) is 3.26. The van der Waals surface area contributed by atoms with Crippen LogP contribution in [0, 0.1) is 11.3 Å². The molecule has 1 aliphatic rings. The molecule has 0 radical (unpaired) electrons. The van der Waals surface area contributed by atoms with Gasteiger partial charge in [0, 0.05) is 5.69 Å². The van der Waals surface area contributed by atoms with Gasteiger partial charge >= 0.3 is 0 Å². The van der Waals surface area contributed by atoms with E-state index in [-0.39, 0.29) is 0 Å². The number of fused-ring (bicyclic) bond motifs is 3. The lowest BCUT2D eigenvalue weighted by Gasteiger charge is -2.21. The van der Waals surface area contributed by atoms with Gasteiger partial charge in [-0.05, 0) is 90.7 Å². The van der Waals surface area contributed by atoms with Crippen molar-refractivity contribution in [1.82, 2.24) is 0 Å². The molecule has 2 heteroatoms. The Kier molecular flexibility index (Phi) is 4.71. The Morgan fingerprint density at radius 1 is 0.486 bits per heavy atom. The Bertz CT molecular complexity index is 1870. The summed E-state index contributed by atoms with van der Waals surface area (Å²) < 4.78 is 0. The molecule has 0 aliphatic heterocycles. The minimum Gasteiger partial charge on any atom is -0.399 e. The molecule has 1 aliphatic carbocycles. The maximum atomic E-state index is 9.72. The molecule has 6 aromatic carbocycles. The largest absolute Gasteiger partial charge is 0.399 e. The molecular formula is C35H22N2. The third-order valence-corrected chi connectivity index (χ3v) is 7.31. The van der Waals surface area contributed by atoms with E-state index in [1.807, 2.05) is 18.2 Å². The lowest BCUT2D eigenvalue weighted by molar-refractivity contribution is 1.48. The maximum absolute atomic E-state index is 9.72. The molecule has 0 saturated carbocycles. The lowest BCUT2D eigenvalue weighted by Crippen LogP contribution is -1.96.